The van der Waals surface area contributed by atoms with Crippen molar-refractivity contribution in [2.75, 3.05) is 0 Å². The van der Waals surface area contributed by atoms with Crippen molar-refractivity contribution in [1.29, 1.82) is 0 Å². The highest BCUT2D eigenvalue weighted by Gasteiger charge is 2.28. The van der Waals surface area contributed by atoms with Gasteiger partial charge in [0.1, 0.15) is 11.6 Å². The predicted molar refractivity (Wildman–Crippen MR) is 96.5 cm³/mol. The summed E-state index contributed by atoms with van der Waals surface area (Å²) in [5.41, 5.74) is 2.39. The molecule has 2 aromatic rings. The van der Waals surface area contributed by atoms with E-state index in [2.05, 4.69) is 0 Å². The van der Waals surface area contributed by atoms with Crippen molar-refractivity contribution < 1.29 is 17.6 Å². The van der Waals surface area contributed by atoms with Crippen LogP contribution in [-0.2, 0) is 6.42 Å². The Morgan fingerprint density at radius 1 is 0.923 bits per heavy atom. The Morgan fingerprint density at radius 3 is 2.23 bits per heavy atom. The number of rotatable bonds is 5. The molecule has 0 N–H and O–H groups in total. The largest absolute Gasteiger partial charge is 0.241 e. The first kappa shape index (κ1) is 18.9. The van der Waals surface area contributed by atoms with E-state index in [1.165, 1.54) is 12.1 Å². The molecule has 0 atom stereocenters. The molecule has 4 heteroatoms. The molecule has 0 amide bonds. The van der Waals surface area contributed by atoms with Crippen LogP contribution in [0.3, 0.4) is 0 Å². The van der Waals surface area contributed by atoms with Crippen molar-refractivity contribution in [1.82, 2.24) is 0 Å². The lowest BCUT2D eigenvalue weighted by Crippen LogP contribution is -2.19. The van der Waals surface area contributed by atoms with E-state index in [1.807, 2.05) is 13.0 Å². The monoisotopic (exact) mass is 364 g/mol. The zero-order valence-corrected chi connectivity index (χ0v) is 15.0. The summed E-state index contributed by atoms with van der Waals surface area (Å²) in [5.74, 6) is -1.10. The molecule has 0 radical (unpaired) electrons. The quantitative estimate of drug-likeness (QED) is 0.495. The van der Waals surface area contributed by atoms with Crippen LogP contribution in [0.2, 0.25) is 0 Å². The molecular formula is C22H24F4. The average molecular weight is 364 g/mol. The zero-order chi connectivity index (χ0) is 18.7. The summed E-state index contributed by atoms with van der Waals surface area (Å²) in [7, 11) is 0. The molecule has 1 fully saturated rings. The third-order valence-corrected chi connectivity index (χ3v) is 5.48. The molecule has 0 aliphatic heterocycles. The third-order valence-electron chi connectivity index (χ3n) is 5.48. The topological polar surface area (TPSA) is 0 Å². The summed E-state index contributed by atoms with van der Waals surface area (Å²) < 4.78 is 54.3. The fourth-order valence-electron chi connectivity index (χ4n) is 3.91. The first-order valence-electron chi connectivity index (χ1n) is 9.36. The number of hydrogen-bond donors (Lipinski definition) is 0. The summed E-state index contributed by atoms with van der Waals surface area (Å²) >= 11 is 0. The van der Waals surface area contributed by atoms with Crippen LogP contribution in [0.15, 0.2) is 36.4 Å². The normalized spacial score (nSPS) is 20.5. The standard InChI is InChI=1S/C22H24F4/c1-2-3-15-6-9-18(13-20(15)23)19-11-10-17(12-21(19)24)14-4-7-16(8-5-14)22(25)26/h6,9-14,16,22H,2-5,7-8H2,1H3. The molecule has 1 aliphatic carbocycles. The number of alkyl halides is 2. The minimum atomic E-state index is -2.26. The van der Waals surface area contributed by atoms with E-state index in [9.17, 15) is 17.6 Å². The molecule has 0 aromatic heterocycles. The molecule has 140 valence electrons. The van der Waals surface area contributed by atoms with Crippen molar-refractivity contribution in [3.63, 3.8) is 0 Å². The lowest BCUT2D eigenvalue weighted by atomic mass is 9.78. The summed E-state index contributed by atoms with van der Waals surface area (Å²) in [6.45, 7) is 1.99. The molecule has 0 spiro atoms. The Kier molecular flexibility index (Phi) is 6.00. The molecule has 0 heterocycles. The van der Waals surface area contributed by atoms with Crippen LogP contribution < -0.4 is 0 Å². The van der Waals surface area contributed by atoms with Crippen LogP contribution in [0.5, 0.6) is 0 Å². The summed E-state index contributed by atoms with van der Waals surface area (Å²) in [5, 5.41) is 0. The fourth-order valence-corrected chi connectivity index (χ4v) is 3.91. The predicted octanol–water partition coefficient (Wildman–Crippen LogP) is 7.12. The zero-order valence-electron chi connectivity index (χ0n) is 15.0. The van der Waals surface area contributed by atoms with E-state index >= 15 is 0 Å². The molecule has 26 heavy (non-hydrogen) atoms. The van der Waals surface area contributed by atoms with Gasteiger partial charge in [-0.25, -0.2) is 17.6 Å². The molecule has 0 unspecified atom stereocenters. The van der Waals surface area contributed by atoms with Crippen molar-refractivity contribution in [2.45, 2.75) is 57.8 Å². The van der Waals surface area contributed by atoms with Crippen LogP contribution in [0, 0.1) is 17.6 Å². The number of aryl methyl sites for hydroxylation is 1. The maximum absolute atomic E-state index is 14.6. The van der Waals surface area contributed by atoms with E-state index in [1.54, 1.807) is 18.2 Å². The van der Waals surface area contributed by atoms with Gasteiger partial charge in [-0.05, 0) is 66.8 Å². The highest BCUT2D eigenvalue weighted by Crippen LogP contribution is 2.39. The van der Waals surface area contributed by atoms with Gasteiger partial charge in [0.05, 0.1) is 0 Å². The second kappa shape index (κ2) is 8.24. The number of hydrogen-bond acceptors (Lipinski definition) is 0. The maximum atomic E-state index is 14.6. The Bertz CT molecular complexity index is 746. The third kappa shape index (κ3) is 4.11. The van der Waals surface area contributed by atoms with Crippen LogP contribution in [0.25, 0.3) is 11.1 Å². The Hall–Kier alpha value is -1.84. The van der Waals surface area contributed by atoms with Crippen molar-refractivity contribution in [3.05, 3.63) is 59.2 Å². The molecular weight excluding hydrogens is 340 g/mol. The highest BCUT2D eigenvalue weighted by atomic mass is 19.3. The van der Waals surface area contributed by atoms with Gasteiger partial charge in [-0.3, -0.25) is 0 Å². The maximum Gasteiger partial charge on any atom is 0.241 e. The molecule has 1 saturated carbocycles. The molecule has 1 aliphatic rings. The van der Waals surface area contributed by atoms with Gasteiger partial charge in [-0.1, -0.05) is 37.6 Å². The highest BCUT2D eigenvalue weighted by molar-refractivity contribution is 5.65. The molecule has 0 saturated heterocycles. The first-order valence-corrected chi connectivity index (χ1v) is 9.36. The lowest BCUT2D eigenvalue weighted by molar-refractivity contribution is 0.0528. The van der Waals surface area contributed by atoms with Crippen LogP contribution >= 0.6 is 0 Å². The van der Waals surface area contributed by atoms with Gasteiger partial charge in [-0.2, -0.15) is 0 Å². The summed E-state index contributed by atoms with van der Waals surface area (Å²) in [6.07, 6.45) is 1.54. The Labute approximate surface area is 152 Å². The molecule has 0 bridgehead atoms. The van der Waals surface area contributed by atoms with Gasteiger partial charge in [0, 0.05) is 11.5 Å². The van der Waals surface area contributed by atoms with Crippen molar-refractivity contribution >= 4 is 0 Å². The Balaban J connectivity index is 1.77. The van der Waals surface area contributed by atoms with Crippen LogP contribution in [-0.4, -0.2) is 6.43 Å². The fraction of sp³-hybridized carbons (Fsp3) is 0.455. The molecule has 3 rings (SSSR count). The van der Waals surface area contributed by atoms with Gasteiger partial charge in [0.2, 0.25) is 6.43 Å². The van der Waals surface area contributed by atoms with Crippen LogP contribution in [0.4, 0.5) is 17.6 Å². The van der Waals surface area contributed by atoms with Gasteiger partial charge in [0.25, 0.3) is 0 Å². The van der Waals surface area contributed by atoms with Crippen molar-refractivity contribution in [2.24, 2.45) is 5.92 Å². The van der Waals surface area contributed by atoms with Gasteiger partial charge < -0.3 is 0 Å². The lowest BCUT2D eigenvalue weighted by Gasteiger charge is -2.28. The minimum absolute atomic E-state index is 0.122. The Morgan fingerprint density at radius 2 is 1.65 bits per heavy atom. The van der Waals surface area contributed by atoms with E-state index in [4.69, 9.17) is 0 Å². The number of benzene rings is 2. The summed E-state index contributed by atoms with van der Waals surface area (Å²) in [6, 6.07) is 9.87. The second-order valence-corrected chi connectivity index (χ2v) is 7.24. The van der Waals surface area contributed by atoms with E-state index < -0.39 is 12.3 Å². The SMILES string of the molecule is CCCc1ccc(-c2ccc(C3CCC(C(F)F)CC3)cc2F)cc1F. The minimum Gasteiger partial charge on any atom is -0.210 e. The first-order chi connectivity index (χ1) is 12.5. The van der Waals surface area contributed by atoms with Gasteiger partial charge in [-0.15, -0.1) is 0 Å². The molecule has 2 aromatic carbocycles. The second-order valence-electron chi connectivity index (χ2n) is 7.24. The molecule has 0 nitrogen and oxygen atoms in total. The average Bonchev–Trinajstić information content (AvgIpc) is 2.63. The number of halogens is 4. The van der Waals surface area contributed by atoms with Crippen LogP contribution in [0.1, 0.15) is 56.1 Å². The van der Waals surface area contributed by atoms with E-state index in [0.29, 0.717) is 48.8 Å². The summed E-state index contributed by atoms with van der Waals surface area (Å²) in [4.78, 5) is 0. The smallest absolute Gasteiger partial charge is 0.210 e. The van der Waals surface area contributed by atoms with Crippen molar-refractivity contribution in [3.8, 4) is 11.1 Å². The van der Waals surface area contributed by atoms with Gasteiger partial charge >= 0.3 is 0 Å². The van der Waals surface area contributed by atoms with E-state index in [-0.39, 0.29) is 17.6 Å². The van der Waals surface area contributed by atoms with Gasteiger partial charge in [0.15, 0.2) is 0 Å². The van der Waals surface area contributed by atoms with E-state index in [0.717, 1.165) is 12.0 Å².